The van der Waals surface area contributed by atoms with E-state index in [2.05, 4.69) is 25.1 Å². The van der Waals surface area contributed by atoms with Gasteiger partial charge < -0.3 is 15.1 Å². The molecule has 0 aliphatic carbocycles. The molecule has 2 aromatic carbocycles. The first-order valence-electron chi connectivity index (χ1n) is 11.1. The second kappa shape index (κ2) is 9.17. The van der Waals surface area contributed by atoms with Crippen molar-refractivity contribution in [3.8, 4) is 34.3 Å². The SMILES string of the molecule is CN(C)[C@@H]1CCN(S(=O)(=O)c2ccc(-c3cnc(N)c(-c4nnc(-c5ccccc5)o4)n3)cc2)C1.[HH].[HH]. The van der Waals surface area contributed by atoms with E-state index in [0.717, 1.165) is 12.0 Å². The van der Waals surface area contributed by atoms with Crippen LogP contribution in [0.4, 0.5) is 5.82 Å². The second-order valence-corrected chi connectivity index (χ2v) is 10.5. The maximum absolute atomic E-state index is 13.1. The lowest BCUT2D eigenvalue weighted by molar-refractivity contribution is 0.302. The summed E-state index contributed by atoms with van der Waals surface area (Å²) in [4.78, 5) is 11.1. The van der Waals surface area contributed by atoms with Crippen molar-refractivity contribution < 1.29 is 15.7 Å². The zero-order chi connectivity index (χ0) is 24.6. The van der Waals surface area contributed by atoms with Crippen LogP contribution in [0.15, 0.2) is 70.1 Å². The summed E-state index contributed by atoms with van der Waals surface area (Å²) in [6.07, 6.45) is 2.34. The Hall–Kier alpha value is -3.67. The fraction of sp³-hybridized carbons (Fsp3) is 0.250. The van der Waals surface area contributed by atoms with Gasteiger partial charge in [0.2, 0.25) is 15.9 Å². The Balaban J connectivity index is 0.00000190. The monoisotopic (exact) mass is 495 g/mol. The van der Waals surface area contributed by atoms with E-state index >= 15 is 0 Å². The van der Waals surface area contributed by atoms with Crippen LogP contribution in [0.5, 0.6) is 0 Å². The van der Waals surface area contributed by atoms with Gasteiger partial charge >= 0.3 is 0 Å². The Labute approximate surface area is 206 Å². The van der Waals surface area contributed by atoms with Crippen molar-refractivity contribution in [3.63, 3.8) is 0 Å². The number of anilines is 1. The zero-order valence-electron chi connectivity index (χ0n) is 19.4. The van der Waals surface area contributed by atoms with Crippen LogP contribution in [0.25, 0.3) is 34.3 Å². The van der Waals surface area contributed by atoms with Gasteiger partial charge in [0.15, 0.2) is 11.5 Å². The van der Waals surface area contributed by atoms with Crippen molar-refractivity contribution in [1.82, 2.24) is 29.4 Å². The molecule has 184 valence electrons. The van der Waals surface area contributed by atoms with Gasteiger partial charge in [-0.05, 0) is 44.8 Å². The third-order valence-electron chi connectivity index (χ3n) is 6.09. The Bertz CT molecular complexity index is 1450. The number of benzene rings is 2. The average Bonchev–Trinajstić information content (AvgIpc) is 3.56. The number of likely N-dealkylation sites (N-methyl/N-ethyl adjacent to an activating group) is 1. The van der Waals surface area contributed by atoms with Gasteiger partial charge in [0.1, 0.15) is 0 Å². The fourth-order valence-corrected chi connectivity index (χ4v) is 5.50. The number of rotatable bonds is 6. The number of nitrogens with two attached hydrogens (primary N) is 1. The molecule has 11 heteroatoms. The highest BCUT2D eigenvalue weighted by molar-refractivity contribution is 7.89. The zero-order valence-corrected chi connectivity index (χ0v) is 20.2. The fourth-order valence-electron chi connectivity index (χ4n) is 4.01. The first-order chi connectivity index (χ1) is 16.8. The standard InChI is InChI=1S/C24H25N7O3S.2H2/c1-30(2)18-12-13-31(15-18)35(32,33)19-10-8-16(9-11-19)20-14-26-22(25)21(27-20)24-29-28-23(34-24)17-6-4-3-5-7-17;;/h3-11,14,18H,12-13,15H2,1-2H3,(H2,25,26);2*1H/t18-;;/m1../s1. The average molecular weight is 496 g/mol. The predicted molar refractivity (Wildman–Crippen MR) is 136 cm³/mol. The van der Waals surface area contributed by atoms with Gasteiger partial charge in [-0.15, -0.1) is 10.2 Å². The summed E-state index contributed by atoms with van der Waals surface area (Å²) in [6.45, 7) is 0.994. The summed E-state index contributed by atoms with van der Waals surface area (Å²) < 4.78 is 33.5. The van der Waals surface area contributed by atoms with E-state index in [4.69, 9.17) is 10.2 Å². The molecule has 0 bridgehead atoms. The van der Waals surface area contributed by atoms with E-state index in [9.17, 15) is 8.42 Å². The number of nitrogens with zero attached hydrogens (tertiary/aromatic N) is 6. The molecule has 4 aromatic rings. The van der Waals surface area contributed by atoms with Crippen molar-refractivity contribution in [1.29, 1.82) is 0 Å². The first kappa shape index (κ1) is 23.1. The van der Waals surface area contributed by atoms with Gasteiger partial charge in [0.05, 0.1) is 16.8 Å². The molecule has 10 nitrogen and oxygen atoms in total. The minimum absolute atomic E-state index is 0. The van der Waals surface area contributed by atoms with Crippen LogP contribution in [0.3, 0.4) is 0 Å². The van der Waals surface area contributed by atoms with Crippen molar-refractivity contribution >= 4 is 15.8 Å². The normalized spacial score (nSPS) is 16.7. The molecule has 1 fully saturated rings. The second-order valence-electron chi connectivity index (χ2n) is 8.56. The quantitative estimate of drug-likeness (QED) is 0.428. The Kier molecular flexibility index (Phi) is 6.05. The number of hydrogen-bond donors (Lipinski definition) is 1. The summed E-state index contributed by atoms with van der Waals surface area (Å²) >= 11 is 0. The van der Waals surface area contributed by atoms with Crippen molar-refractivity contribution in [3.05, 3.63) is 60.8 Å². The molecule has 2 aromatic heterocycles. The predicted octanol–water partition coefficient (Wildman–Crippen LogP) is 3.26. The van der Waals surface area contributed by atoms with Crippen LogP contribution in [-0.2, 0) is 10.0 Å². The molecule has 0 unspecified atom stereocenters. The summed E-state index contributed by atoms with van der Waals surface area (Å²) in [6, 6.07) is 16.2. The maximum Gasteiger partial charge on any atom is 0.270 e. The number of sulfonamides is 1. The van der Waals surface area contributed by atoms with Gasteiger partial charge in [-0.3, -0.25) is 0 Å². The topological polar surface area (TPSA) is 131 Å². The maximum atomic E-state index is 13.1. The largest absolute Gasteiger partial charge is 0.414 e. The van der Waals surface area contributed by atoms with E-state index < -0.39 is 10.0 Å². The minimum Gasteiger partial charge on any atom is -0.414 e. The smallest absolute Gasteiger partial charge is 0.270 e. The molecule has 35 heavy (non-hydrogen) atoms. The summed E-state index contributed by atoms with van der Waals surface area (Å²) in [7, 11) is 0.365. The number of aromatic nitrogens is 4. The molecule has 0 saturated carbocycles. The molecular formula is C24H29N7O3S. The highest BCUT2D eigenvalue weighted by atomic mass is 32.2. The van der Waals surface area contributed by atoms with Crippen LogP contribution in [-0.4, -0.2) is 71.0 Å². The van der Waals surface area contributed by atoms with Crippen LogP contribution in [0.1, 0.15) is 9.27 Å². The molecule has 1 aliphatic heterocycles. The lowest BCUT2D eigenvalue weighted by Gasteiger charge is -2.20. The van der Waals surface area contributed by atoms with Crippen molar-refractivity contribution in [2.45, 2.75) is 17.4 Å². The molecule has 2 N–H and O–H groups in total. The minimum atomic E-state index is -3.57. The van der Waals surface area contributed by atoms with Crippen LogP contribution in [0, 0.1) is 0 Å². The van der Waals surface area contributed by atoms with E-state index in [-0.39, 0.29) is 31.2 Å². The molecule has 5 rings (SSSR count). The molecule has 3 heterocycles. The van der Waals surface area contributed by atoms with E-state index in [1.165, 1.54) is 10.5 Å². The summed E-state index contributed by atoms with van der Waals surface area (Å²) in [5.74, 6) is 0.653. The highest BCUT2D eigenvalue weighted by Gasteiger charge is 2.33. The van der Waals surface area contributed by atoms with Gasteiger partial charge in [0.25, 0.3) is 5.89 Å². The first-order valence-corrected chi connectivity index (χ1v) is 12.6. The van der Waals surface area contributed by atoms with Crippen LogP contribution >= 0.6 is 0 Å². The molecule has 1 saturated heterocycles. The Morgan fingerprint density at radius 1 is 1.03 bits per heavy atom. The van der Waals surface area contributed by atoms with E-state index in [1.807, 2.05) is 44.4 Å². The van der Waals surface area contributed by atoms with Crippen LogP contribution in [0.2, 0.25) is 0 Å². The van der Waals surface area contributed by atoms with E-state index in [1.54, 1.807) is 24.3 Å². The number of hydrogen-bond acceptors (Lipinski definition) is 9. The van der Waals surface area contributed by atoms with Gasteiger partial charge in [-0.1, -0.05) is 30.3 Å². The van der Waals surface area contributed by atoms with Gasteiger partial charge in [-0.2, -0.15) is 4.31 Å². The lowest BCUT2D eigenvalue weighted by atomic mass is 10.1. The highest BCUT2D eigenvalue weighted by Crippen LogP contribution is 2.29. The lowest BCUT2D eigenvalue weighted by Crippen LogP contribution is -2.34. The molecule has 0 amide bonds. The van der Waals surface area contributed by atoms with Crippen LogP contribution < -0.4 is 5.73 Å². The molecule has 0 spiro atoms. The molecule has 1 atom stereocenters. The van der Waals surface area contributed by atoms with E-state index in [0.29, 0.717) is 30.2 Å². The third kappa shape index (κ3) is 4.53. The van der Waals surface area contributed by atoms with Gasteiger partial charge in [-0.25, -0.2) is 18.4 Å². The molecular weight excluding hydrogens is 466 g/mol. The van der Waals surface area contributed by atoms with Crippen molar-refractivity contribution in [2.24, 2.45) is 0 Å². The third-order valence-corrected chi connectivity index (χ3v) is 7.97. The van der Waals surface area contributed by atoms with Crippen molar-refractivity contribution in [2.75, 3.05) is 32.9 Å². The Morgan fingerprint density at radius 2 is 1.74 bits per heavy atom. The molecule has 1 aliphatic rings. The number of nitrogen functional groups attached to an aromatic ring is 1. The summed E-state index contributed by atoms with van der Waals surface area (Å²) in [5, 5.41) is 8.16. The summed E-state index contributed by atoms with van der Waals surface area (Å²) in [5.41, 5.74) is 8.28. The molecule has 0 radical (unpaired) electrons. The Morgan fingerprint density at radius 3 is 2.43 bits per heavy atom. The van der Waals surface area contributed by atoms with Gasteiger partial charge in [0, 0.05) is 33.1 Å².